The minimum Gasteiger partial charge on any atom is -0.340 e. The minimum atomic E-state index is 0.507. The molecule has 5 nitrogen and oxygen atoms in total. The van der Waals surface area contributed by atoms with Crippen LogP contribution in [0.25, 0.3) is 16.7 Å². The molecule has 0 saturated carbocycles. The van der Waals surface area contributed by atoms with E-state index in [2.05, 4.69) is 58.5 Å². The number of aromatic nitrogens is 4. The first-order valence-corrected chi connectivity index (χ1v) is 8.81. The van der Waals surface area contributed by atoms with E-state index in [9.17, 15) is 0 Å². The van der Waals surface area contributed by atoms with Crippen LogP contribution in [0, 0.1) is 0 Å². The first kappa shape index (κ1) is 16.5. The summed E-state index contributed by atoms with van der Waals surface area (Å²) < 4.78 is 1.78. The van der Waals surface area contributed by atoms with E-state index in [1.807, 2.05) is 24.3 Å². The lowest BCUT2D eigenvalue weighted by Gasteiger charge is -2.09. The quantitative estimate of drug-likeness (QED) is 0.532. The molecule has 0 bridgehead atoms. The first-order chi connectivity index (χ1) is 12.6. The van der Waals surface area contributed by atoms with Crippen LogP contribution in [0.15, 0.2) is 61.1 Å². The average molecular weight is 364 g/mol. The van der Waals surface area contributed by atoms with Gasteiger partial charge in [0.25, 0.3) is 0 Å². The molecular weight excluding hydrogens is 346 g/mol. The van der Waals surface area contributed by atoms with Crippen molar-refractivity contribution in [3.8, 4) is 5.69 Å². The van der Waals surface area contributed by atoms with E-state index in [-0.39, 0.29) is 0 Å². The smallest absolute Gasteiger partial charge is 0.168 e. The van der Waals surface area contributed by atoms with Gasteiger partial charge in [0, 0.05) is 10.7 Å². The zero-order valence-corrected chi connectivity index (χ0v) is 15.3. The molecule has 0 aliphatic rings. The zero-order valence-electron chi connectivity index (χ0n) is 14.5. The fraction of sp³-hybridized carbons (Fsp3) is 0.150. The van der Waals surface area contributed by atoms with Gasteiger partial charge in [-0.3, -0.25) is 0 Å². The highest BCUT2D eigenvalue weighted by atomic mass is 35.5. The van der Waals surface area contributed by atoms with E-state index < -0.39 is 0 Å². The number of halogens is 1. The Morgan fingerprint density at radius 1 is 0.962 bits per heavy atom. The fourth-order valence-corrected chi connectivity index (χ4v) is 2.93. The third kappa shape index (κ3) is 3.13. The summed E-state index contributed by atoms with van der Waals surface area (Å²) in [6.45, 7) is 4.36. The van der Waals surface area contributed by atoms with Crippen LogP contribution in [0.2, 0.25) is 5.02 Å². The van der Waals surface area contributed by atoms with Crippen molar-refractivity contribution in [2.24, 2.45) is 0 Å². The summed E-state index contributed by atoms with van der Waals surface area (Å²) in [6, 6.07) is 15.9. The molecule has 6 heteroatoms. The zero-order chi connectivity index (χ0) is 18.1. The molecule has 0 fully saturated rings. The Labute approximate surface area is 156 Å². The number of hydrogen-bond donors (Lipinski definition) is 1. The Hall–Kier alpha value is -2.92. The third-order valence-corrected chi connectivity index (χ3v) is 4.53. The third-order valence-electron chi connectivity index (χ3n) is 4.28. The number of fused-ring (bicyclic) bond motifs is 1. The molecule has 0 unspecified atom stereocenters. The van der Waals surface area contributed by atoms with Gasteiger partial charge in [-0.25, -0.2) is 14.6 Å². The molecule has 26 heavy (non-hydrogen) atoms. The molecule has 1 N–H and O–H groups in total. The highest BCUT2D eigenvalue weighted by Crippen LogP contribution is 2.26. The van der Waals surface area contributed by atoms with E-state index in [1.165, 1.54) is 5.56 Å². The SMILES string of the molecule is CC(C)c1ccc(Nc2ncnc3c2cnn3-c2ccc(Cl)cc2)cc1. The van der Waals surface area contributed by atoms with Crippen LogP contribution < -0.4 is 5.32 Å². The number of nitrogens with one attached hydrogen (secondary N) is 1. The van der Waals surface area contributed by atoms with Gasteiger partial charge in [0.2, 0.25) is 0 Å². The maximum atomic E-state index is 5.97. The molecule has 0 aliphatic heterocycles. The topological polar surface area (TPSA) is 55.6 Å². The van der Waals surface area contributed by atoms with Gasteiger partial charge < -0.3 is 5.32 Å². The Bertz CT molecular complexity index is 1040. The van der Waals surface area contributed by atoms with E-state index in [1.54, 1.807) is 17.2 Å². The molecule has 4 aromatic rings. The van der Waals surface area contributed by atoms with E-state index in [4.69, 9.17) is 11.6 Å². The second-order valence-corrected chi connectivity index (χ2v) is 6.83. The molecule has 0 amide bonds. The molecule has 0 aliphatic carbocycles. The van der Waals surface area contributed by atoms with Crippen LogP contribution in [0.5, 0.6) is 0 Å². The van der Waals surface area contributed by atoms with Crippen molar-refractivity contribution in [3.05, 3.63) is 71.6 Å². The number of hydrogen-bond acceptors (Lipinski definition) is 4. The maximum Gasteiger partial charge on any atom is 0.168 e. The Morgan fingerprint density at radius 3 is 2.38 bits per heavy atom. The standard InChI is InChI=1S/C20H18ClN5/c1-13(2)14-3-7-16(8-4-14)25-19-18-11-24-26(20(18)23-12-22-19)17-9-5-15(21)6-10-17/h3-13H,1-2H3,(H,22,23,25). The van der Waals surface area contributed by atoms with E-state index >= 15 is 0 Å². The van der Waals surface area contributed by atoms with Crippen molar-refractivity contribution in [1.29, 1.82) is 0 Å². The predicted molar refractivity (Wildman–Crippen MR) is 105 cm³/mol. The molecule has 4 rings (SSSR count). The molecular formula is C20H18ClN5. The van der Waals surface area contributed by atoms with Crippen LogP contribution in [-0.4, -0.2) is 19.7 Å². The van der Waals surface area contributed by atoms with Gasteiger partial charge in [-0.05, 0) is 47.9 Å². The number of rotatable bonds is 4. The largest absolute Gasteiger partial charge is 0.340 e. The summed E-state index contributed by atoms with van der Waals surface area (Å²) in [6.07, 6.45) is 3.32. The fourth-order valence-electron chi connectivity index (χ4n) is 2.80. The summed E-state index contributed by atoms with van der Waals surface area (Å²) in [5.41, 5.74) is 3.92. The van der Waals surface area contributed by atoms with Crippen LogP contribution in [-0.2, 0) is 0 Å². The summed E-state index contributed by atoms with van der Waals surface area (Å²) in [4.78, 5) is 8.78. The summed E-state index contributed by atoms with van der Waals surface area (Å²) in [5, 5.41) is 9.37. The second kappa shape index (κ2) is 6.77. The predicted octanol–water partition coefficient (Wildman–Crippen LogP) is 5.34. The lowest BCUT2D eigenvalue weighted by molar-refractivity contribution is 0.867. The summed E-state index contributed by atoms with van der Waals surface area (Å²) in [5.74, 6) is 1.24. The van der Waals surface area contributed by atoms with Crippen molar-refractivity contribution >= 4 is 34.1 Å². The molecule has 0 saturated heterocycles. The van der Waals surface area contributed by atoms with Crippen molar-refractivity contribution < 1.29 is 0 Å². The van der Waals surface area contributed by atoms with Gasteiger partial charge in [-0.1, -0.05) is 37.6 Å². The van der Waals surface area contributed by atoms with Crippen LogP contribution in [0.3, 0.4) is 0 Å². The molecule has 2 aromatic heterocycles. The van der Waals surface area contributed by atoms with Gasteiger partial charge in [-0.15, -0.1) is 0 Å². The van der Waals surface area contributed by atoms with Crippen LogP contribution in [0.1, 0.15) is 25.3 Å². The summed E-state index contributed by atoms with van der Waals surface area (Å²) >= 11 is 5.97. The molecule has 0 atom stereocenters. The monoisotopic (exact) mass is 363 g/mol. The van der Waals surface area contributed by atoms with Gasteiger partial charge in [-0.2, -0.15) is 5.10 Å². The normalized spacial score (nSPS) is 11.2. The Balaban J connectivity index is 1.69. The highest BCUT2D eigenvalue weighted by molar-refractivity contribution is 6.30. The number of anilines is 2. The van der Waals surface area contributed by atoms with Crippen molar-refractivity contribution in [1.82, 2.24) is 19.7 Å². The summed E-state index contributed by atoms with van der Waals surface area (Å²) in [7, 11) is 0. The van der Waals surface area contributed by atoms with Gasteiger partial charge >= 0.3 is 0 Å². The number of benzene rings is 2. The molecule has 0 radical (unpaired) electrons. The molecule has 2 heterocycles. The van der Waals surface area contributed by atoms with Gasteiger partial charge in [0.05, 0.1) is 17.3 Å². The van der Waals surface area contributed by atoms with Gasteiger partial charge in [0.15, 0.2) is 5.65 Å². The van der Waals surface area contributed by atoms with Crippen molar-refractivity contribution in [2.75, 3.05) is 5.32 Å². The Morgan fingerprint density at radius 2 is 1.69 bits per heavy atom. The highest BCUT2D eigenvalue weighted by Gasteiger charge is 2.11. The first-order valence-electron chi connectivity index (χ1n) is 8.43. The van der Waals surface area contributed by atoms with Crippen molar-refractivity contribution in [2.45, 2.75) is 19.8 Å². The van der Waals surface area contributed by atoms with E-state index in [0.717, 1.165) is 28.2 Å². The van der Waals surface area contributed by atoms with Crippen LogP contribution >= 0.6 is 11.6 Å². The lowest BCUT2D eigenvalue weighted by Crippen LogP contribution is -1.99. The lowest BCUT2D eigenvalue weighted by atomic mass is 10.0. The molecule has 2 aromatic carbocycles. The molecule has 130 valence electrons. The van der Waals surface area contributed by atoms with Crippen molar-refractivity contribution in [3.63, 3.8) is 0 Å². The average Bonchev–Trinajstić information content (AvgIpc) is 3.08. The second-order valence-electron chi connectivity index (χ2n) is 6.39. The van der Waals surface area contributed by atoms with E-state index in [0.29, 0.717) is 10.9 Å². The Kier molecular flexibility index (Phi) is 4.31. The minimum absolute atomic E-state index is 0.507. The number of nitrogens with zero attached hydrogens (tertiary/aromatic N) is 4. The van der Waals surface area contributed by atoms with Crippen LogP contribution in [0.4, 0.5) is 11.5 Å². The molecule has 0 spiro atoms. The maximum absolute atomic E-state index is 5.97. The van der Waals surface area contributed by atoms with Gasteiger partial charge in [0.1, 0.15) is 12.1 Å².